The van der Waals surface area contributed by atoms with Crippen molar-refractivity contribution in [2.24, 2.45) is 0 Å². The smallest absolute Gasteiger partial charge is 0.291 e. The topological polar surface area (TPSA) is 94.1 Å². The van der Waals surface area contributed by atoms with E-state index < -0.39 is 5.60 Å². The Bertz CT molecular complexity index is 941. The van der Waals surface area contributed by atoms with Crippen molar-refractivity contribution < 1.29 is 23.8 Å². The molecule has 2 fully saturated rings. The van der Waals surface area contributed by atoms with Crippen molar-refractivity contribution in [3.63, 3.8) is 0 Å². The van der Waals surface area contributed by atoms with E-state index in [1.54, 1.807) is 40.1 Å². The van der Waals surface area contributed by atoms with Gasteiger partial charge in [-0.05, 0) is 24.3 Å². The highest BCUT2D eigenvalue weighted by Crippen LogP contribution is 2.27. The second kappa shape index (κ2) is 10.2. The Labute approximate surface area is 191 Å². The quantitative estimate of drug-likeness (QED) is 0.647. The molecule has 0 spiro atoms. The van der Waals surface area contributed by atoms with Gasteiger partial charge in [0.1, 0.15) is 18.0 Å². The van der Waals surface area contributed by atoms with Crippen molar-refractivity contribution >= 4 is 23.4 Å². The SMILES string of the molecule is O=C(C[C@@]1(COc2cccc(Cl)c2)CN(C(=O)c2ncccn2)CCO1)N1CCOCC1. The average molecular weight is 461 g/mol. The highest BCUT2D eigenvalue weighted by atomic mass is 35.5. The summed E-state index contributed by atoms with van der Waals surface area (Å²) in [5, 5.41) is 0.545. The molecule has 2 aromatic rings. The first-order chi connectivity index (χ1) is 15.5. The molecule has 4 rings (SSSR count). The number of nitrogens with zero attached hydrogens (tertiary/aromatic N) is 4. The van der Waals surface area contributed by atoms with Gasteiger partial charge in [0.15, 0.2) is 0 Å². The summed E-state index contributed by atoms with van der Waals surface area (Å²) in [6.45, 7) is 3.00. The molecule has 32 heavy (non-hydrogen) atoms. The second-order valence-electron chi connectivity index (χ2n) is 7.75. The van der Waals surface area contributed by atoms with Crippen LogP contribution in [0.4, 0.5) is 0 Å². The van der Waals surface area contributed by atoms with E-state index in [-0.39, 0.29) is 43.8 Å². The van der Waals surface area contributed by atoms with Gasteiger partial charge >= 0.3 is 0 Å². The fourth-order valence-electron chi connectivity index (χ4n) is 3.79. The number of hydrogen-bond donors (Lipinski definition) is 0. The molecule has 2 amide bonds. The minimum atomic E-state index is -1.01. The Kier molecular flexibility index (Phi) is 7.19. The number of hydrogen-bond acceptors (Lipinski definition) is 7. The highest BCUT2D eigenvalue weighted by Gasteiger charge is 2.43. The van der Waals surface area contributed by atoms with Gasteiger partial charge < -0.3 is 24.0 Å². The summed E-state index contributed by atoms with van der Waals surface area (Å²) in [7, 11) is 0. The van der Waals surface area contributed by atoms with Crippen LogP contribution in [-0.2, 0) is 14.3 Å². The summed E-state index contributed by atoms with van der Waals surface area (Å²) in [5.74, 6) is 0.306. The molecular weight excluding hydrogens is 436 g/mol. The molecule has 1 atom stereocenters. The lowest BCUT2D eigenvalue weighted by Gasteiger charge is -2.42. The molecule has 10 heteroatoms. The van der Waals surface area contributed by atoms with Crippen LogP contribution in [0.2, 0.25) is 5.02 Å². The predicted octanol–water partition coefficient (Wildman–Crippen LogP) is 1.67. The lowest BCUT2D eigenvalue weighted by atomic mass is 9.96. The van der Waals surface area contributed by atoms with Crippen molar-refractivity contribution in [3.05, 3.63) is 53.6 Å². The molecule has 0 aliphatic carbocycles. The minimum absolute atomic E-state index is 0.0618. The number of morpholine rings is 2. The maximum absolute atomic E-state index is 13.1. The van der Waals surface area contributed by atoms with Crippen molar-refractivity contribution in [1.82, 2.24) is 19.8 Å². The molecule has 9 nitrogen and oxygen atoms in total. The monoisotopic (exact) mass is 460 g/mol. The summed E-state index contributed by atoms with van der Waals surface area (Å²) in [6, 6.07) is 8.67. The van der Waals surface area contributed by atoms with Crippen molar-refractivity contribution in [3.8, 4) is 5.75 Å². The zero-order chi connectivity index (χ0) is 22.4. The Morgan fingerprint density at radius 1 is 1.06 bits per heavy atom. The molecule has 170 valence electrons. The van der Waals surface area contributed by atoms with E-state index in [1.807, 2.05) is 0 Å². The van der Waals surface area contributed by atoms with Gasteiger partial charge in [-0.2, -0.15) is 0 Å². The number of halogens is 1. The van der Waals surface area contributed by atoms with E-state index >= 15 is 0 Å². The first kappa shape index (κ1) is 22.4. The van der Waals surface area contributed by atoms with Crippen LogP contribution in [0.3, 0.4) is 0 Å². The molecule has 0 N–H and O–H groups in total. The number of carbonyl (C=O) groups excluding carboxylic acids is 2. The zero-order valence-electron chi connectivity index (χ0n) is 17.6. The van der Waals surface area contributed by atoms with Crippen LogP contribution < -0.4 is 4.74 Å². The molecule has 2 aliphatic heterocycles. The van der Waals surface area contributed by atoms with E-state index in [2.05, 4.69) is 9.97 Å². The molecule has 3 heterocycles. The van der Waals surface area contributed by atoms with Crippen LogP contribution in [0.1, 0.15) is 17.0 Å². The molecular formula is C22H25ClN4O5. The molecule has 2 aliphatic rings. The largest absolute Gasteiger partial charge is 0.490 e. The standard InChI is InChI=1S/C22H25ClN4O5/c23-17-3-1-4-18(13-17)31-16-22(14-19(28)26-7-10-30-11-8-26)15-27(9-12-32-22)21(29)20-24-5-2-6-25-20/h1-6,13H,7-12,14-16H2/t22-/m0/s1. The van der Waals surface area contributed by atoms with Crippen molar-refractivity contribution in [2.75, 3.05) is 52.6 Å². The normalized spacial score (nSPS) is 21.3. The van der Waals surface area contributed by atoms with Crippen molar-refractivity contribution in [1.29, 1.82) is 0 Å². The van der Waals surface area contributed by atoms with E-state index in [4.69, 9.17) is 25.8 Å². The number of benzene rings is 1. The Morgan fingerprint density at radius 3 is 2.56 bits per heavy atom. The lowest BCUT2D eigenvalue weighted by Crippen LogP contribution is -2.59. The van der Waals surface area contributed by atoms with Gasteiger partial charge in [0.05, 0.1) is 32.8 Å². The Hall–Kier alpha value is -2.75. The molecule has 0 bridgehead atoms. The van der Waals surface area contributed by atoms with Crippen LogP contribution in [0.15, 0.2) is 42.7 Å². The number of rotatable bonds is 6. The first-order valence-electron chi connectivity index (χ1n) is 10.5. The number of carbonyl (C=O) groups is 2. The third-order valence-corrected chi connectivity index (χ3v) is 5.66. The summed E-state index contributed by atoms with van der Waals surface area (Å²) in [4.78, 5) is 37.5. The van der Waals surface area contributed by atoms with Crippen molar-refractivity contribution in [2.45, 2.75) is 12.0 Å². The summed E-state index contributed by atoms with van der Waals surface area (Å²) in [6.07, 6.45) is 3.13. The second-order valence-corrected chi connectivity index (χ2v) is 8.18. The lowest BCUT2D eigenvalue weighted by molar-refractivity contribution is -0.155. The van der Waals surface area contributed by atoms with Gasteiger partial charge in [0.25, 0.3) is 5.91 Å². The maximum Gasteiger partial charge on any atom is 0.291 e. The third-order valence-electron chi connectivity index (χ3n) is 5.43. The number of aromatic nitrogens is 2. The van der Waals surface area contributed by atoms with Crippen LogP contribution >= 0.6 is 11.6 Å². The molecule has 0 unspecified atom stereocenters. The van der Waals surface area contributed by atoms with Gasteiger partial charge in [0.2, 0.25) is 11.7 Å². The number of amides is 2. The fourth-order valence-corrected chi connectivity index (χ4v) is 3.97. The fraction of sp³-hybridized carbons (Fsp3) is 0.455. The number of ether oxygens (including phenoxy) is 3. The van der Waals surface area contributed by atoms with Crippen LogP contribution in [0, 0.1) is 0 Å². The van der Waals surface area contributed by atoms with Gasteiger partial charge in [-0.15, -0.1) is 0 Å². The third kappa shape index (κ3) is 5.53. The highest BCUT2D eigenvalue weighted by molar-refractivity contribution is 6.30. The summed E-state index contributed by atoms with van der Waals surface area (Å²) in [5.41, 5.74) is -1.01. The summed E-state index contributed by atoms with van der Waals surface area (Å²) >= 11 is 6.07. The van der Waals surface area contributed by atoms with Crippen LogP contribution in [-0.4, -0.2) is 89.8 Å². The first-order valence-corrected chi connectivity index (χ1v) is 10.9. The van der Waals surface area contributed by atoms with Gasteiger partial charge in [-0.25, -0.2) is 9.97 Å². The molecule has 1 aromatic carbocycles. The molecule has 0 radical (unpaired) electrons. The molecule has 2 saturated heterocycles. The maximum atomic E-state index is 13.1. The van der Waals surface area contributed by atoms with E-state index in [0.29, 0.717) is 43.6 Å². The Balaban J connectivity index is 1.52. The van der Waals surface area contributed by atoms with E-state index in [1.165, 1.54) is 12.4 Å². The predicted molar refractivity (Wildman–Crippen MR) is 116 cm³/mol. The van der Waals surface area contributed by atoms with Crippen LogP contribution in [0.5, 0.6) is 5.75 Å². The van der Waals surface area contributed by atoms with Gasteiger partial charge in [-0.3, -0.25) is 9.59 Å². The zero-order valence-corrected chi connectivity index (χ0v) is 18.4. The molecule has 1 aromatic heterocycles. The molecule has 0 saturated carbocycles. The van der Waals surface area contributed by atoms with Crippen LogP contribution in [0.25, 0.3) is 0 Å². The van der Waals surface area contributed by atoms with Gasteiger partial charge in [0, 0.05) is 37.1 Å². The minimum Gasteiger partial charge on any atom is -0.490 e. The van der Waals surface area contributed by atoms with E-state index in [9.17, 15) is 9.59 Å². The van der Waals surface area contributed by atoms with E-state index in [0.717, 1.165) is 0 Å². The summed E-state index contributed by atoms with van der Waals surface area (Å²) < 4.78 is 17.5. The average Bonchev–Trinajstić information content (AvgIpc) is 2.84. The Morgan fingerprint density at radius 2 is 1.81 bits per heavy atom. The van der Waals surface area contributed by atoms with Gasteiger partial charge in [-0.1, -0.05) is 17.7 Å².